The zero-order chi connectivity index (χ0) is 10.1. The van der Waals surface area contributed by atoms with Crippen LogP contribution in [0, 0.1) is 0 Å². The van der Waals surface area contributed by atoms with Gasteiger partial charge in [-0.15, -0.1) is 0 Å². The van der Waals surface area contributed by atoms with E-state index < -0.39 is 0 Å². The van der Waals surface area contributed by atoms with Crippen molar-refractivity contribution < 1.29 is 4.74 Å². The van der Waals surface area contributed by atoms with E-state index in [0.29, 0.717) is 0 Å². The van der Waals surface area contributed by atoms with Gasteiger partial charge in [0.05, 0.1) is 0 Å². The number of hydrogen-bond donors (Lipinski definition) is 0. The molecule has 1 rings (SSSR count). The average molecular weight is 180 g/mol. The smallest absolute Gasteiger partial charge is 0.0437 e. The van der Waals surface area contributed by atoms with Crippen molar-refractivity contribution in [3.05, 3.63) is 36.0 Å². The summed E-state index contributed by atoms with van der Waals surface area (Å²) in [4.78, 5) is 0. The Hall–Kier alpha value is -0.820. The Balaban J connectivity index is 0.000000252. The van der Waals surface area contributed by atoms with Crippen LogP contribution in [-0.4, -0.2) is 13.2 Å². The summed E-state index contributed by atoms with van der Waals surface area (Å²) in [6, 6.07) is 0. The van der Waals surface area contributed by atoms with Crippen LogP contribution in [0.2, 0.25) is 0 Å². The summed E-state index contributed by atoms with van der Waals surface area (Å²) in [5, 5.41) is 0. The van der Waals surface area contributed by atoms with Crippen LogP contribution in [-0.2, 0) is 4.74 Å². The minimum absolute atomic E-state index is 0.844. The molecule has 0 saturated heterocycles. The Morgan fingerprint density at radius 2 is 1.85 bits per heavy atom. The summed E-state index contributed by atoms with van der Waals surface area (Å²) in [5.74, 6) is 0. The molecule has 0 atom stereocenters. The lowest BCUT2D eigenvalue weighted by Gasteiger charge is -1.94. The molecule has 0 aromatic carbocycles. The minimum atomic E-state index is 0.844. The van der Waals surface area contributed by atoms with E-state index in [0.717, 1.165) is 19.6 Å². The van der Waals surface area contributed by atoms with Crippen LogP contribution in [0.25, 0.3) is 0 Å². The highest BCUT2D eigenvalue weighted by Gasteiger charge is 1.98. The molecule has 1 aliphatic carbocycles. The molecule has 0 fully saturated rings. The molecule has 0 unspecified atom stereocenters. The molecule has 0 bridgehead atoms. The van der Waals surface area contributed by atoms with Crippen molar-refractivity contribution in [3.63, 3.8) is 0 Å². The van der Waals surface area contributed by atoms with Crippen LogP contribution in [0.5, 0.6) is 0 Å². The Morgan fingerprint density at radius 1 is 1.23 bits per heavy atom. The molecule has 1 nitrogen and oxygen atoms in total. The van der Waals surface area contributed by atoms with Gasteiger partial charge < -0.3 is 4.74 Å². The first-order chi connectivity index (χ1) is 6.26. The highest BCUT2D eigenvalue weighted by Crippen LogP contribution is 2.18. The van der Waals surface area contributed by atoms with E-state index in [-0.39, 0.29) is 0 Å². The van der Waals surface area contributed by atoms with Crippen molar-refractivity contribution in [1.82, 2.24) is 0 Å². The third-order valence-corrected chi connectivity index (χ3v) is 1.80. The molecule has 1 heteroatoms. The average Bonchev–Trinajstić information content (AvgIpc) is 2.53. The fraction of sp³-hybridized carbons (Fsp3) is 0.500. The van der Waals surface area contributed by atoms with Crippen LogP contribution in [0.15, 0.2) is 36.0 Å². The second-order valence-corrected chi connectivity index (χ2v) is 2.71. The minimum Gasteiger partial charge on any atom is -0.382 e. The standard InChI is InChI=1S/C8H10.C4H10O/c1-3-8-6-4-5-7(8)2;1-3-5-4-2/h4-6H,2-3H2,1H3;3-4H2,1-2H3. The quantitative estimate of drug-likeness (QED) is 0.646. The zero-order valence-corrected chi connectivity index (χ0v) is 8.97. The fourth-order valence-electron chi connectivity index (χ4n) is 1.04. The number of ether oxygens (including phenoxy) is 1. The van der Waals surface area contributed by atoms with Crippen molar-refractivity contribution in [2.24, 2.45) is 0 Å². The van der Waals surface area contributed by atoms with E-state index in [2.05, 4.69) is 19.6 Å². The van der Waals surface area contributed by atoms with Gasteiger partial charge in [0.15, 0.2) is 0 Å². The van der Waals surface area contributed by atoms with Gasteiger partial charge in [0.2, 0.25) is 0 Å². The van der Waals surface area contributed by atoms with E-state index in [4.69, 9.17) is 4.74 Å². The fourth-order valence-corrected chi connectivity index (χ4v) is 1.04. The van der Waals surface area contributed by atoms with Gasteiger partial charge in [-0.25, -0.2) is 0 Å². The summed E-state index contributed by atoms with van der Waals surface area (Å²) >= 11 is 0. The van der Waals surface area contributed by atoms with E-state index in [1.165, 1.54) is 11.1 Å². The maximum absolute atomic E-state index is 4.83. The highest BCUT2D eigenvalue weighted by atomic mass is 16.5. The van der Waals surface area contributed by atoms with E-state index in [9.17, 15) is 0 Å². The largest absolute Gasteiger partial charge is 0.382 e. The second kappa shape index (κ2) is 7.81. The summed E-state index contributed by atoms with van der Waals surface area (Å²) in [7, 11) is 0. The first kappa shape index (κ1) is 12.2. The number of hydrogen-bond acceptors (Lipinski definition) is 1. The lowest BCUT2D eigenvalue weighted by molar-refractivity contribution is 0.162. The first-order valence-electron chi connectivity index (χ1n) is 4.90. The summed E-state index contributed by atoms with van der Waals surface area (Å²) in [6.07, 6.45) is 7.30. The molecule has 0 heterocycles. The molecule has 13 heavy (non-hydrogen) atoms. The van der Waals surface area contributed by atoms with Gasteiger partial charge in [0, 0.05) is 13.2 Å². The van der Waals surface area contributed by atoms with Crippen molar-refractivity contribution in [3.8, 4) is 0 Å². The third kappa shape index (κ3) is 5.42. The van der Waals surface area contributed by atoms with Gasteiger partial charge in [-0.05, 0) is 31.4 Å². The first-order valence-corrected chi connectivity index (χ1v) is 4.90. The molecule has 0 N–H and O–H groups in total. The van der Waals surface area contributed by atoms with Gasteiger partial charge in [-0.2, -0.15) is 0 Å². The Kier molecular flexibility index (Phi) is 7.32. The van der Waals surface area contributed by atoms with Gasteiger partial charge in [0.1, 0.15) is 0 Å². The second-order valence-electron chi connectivity index (χ2n) is 2.71. The monoisotopic (exact) mass is 180 g/mol. The maximum Gasteiger partial charge on any atom is 0.0437 e. The lowest BCUT2D eigenvalue weighted by Crippen LogP contribution is -1.84. The van der Waals surface area contributed by atoms with Crippen molar-refractivity contribution in [1.29, 1.82) is 0 Å². The van der Waals surface area contributed by atoms with Crippen LogP contribution < -0.4 is 0 Å². The van der Waals surface area contributed by atoms with Crippen LogP contribution in [0.3, 0.4) is 0 Å². The molecule has 0 aliphatic heterocycles. The predicted molar refractivity (Wildman–Crippen MR) is 58.8 cm³/mol. The molecule has 0 saturated carbocycles. The molecule has 0 radical (unpaired) electrons. The summed E-state index contributed by atoms with van der Waals surface area (Å²) in [5.41, 5.74) is 2.54. The molecule has 0 aromatic rings. The highest BCUT2D eigenvalue weighted by molar-refractivity contribution is 5.45. The molecular weight excluding hydrogens is 160 g/mol. The molecule has 0 aromatic heterocycles. The molecule has 0 spiro atoms. The Morgan fingerprint density at radius 3 is 2.00 bits per heavy atom. The maximum atomic E-state index is 4.83. The summed E-state index contributed by atoms with van der Waals surface area (Å²) < 4.78 is 4.83. The number of rotatable bonds is 3. The SMILES string of the molecule is C=C1C=CC=C1CC.CCOCC. The van der Waals surface area contributed by atoms with Crippen LogP contribution in [0.1, 0.15) is 27.2 Å². The van der Waals surface area contributed by atoms with Crippen LogP contribution >= 0.6 is 0 Å². The van der Waals surface area contributed by atoms with Gasteiger partial charge in [0.25, 0.3) is 0 Å². The molecule has 74 valence electrons. The third-order valence-electron chi connectivity index (χ3n) is 1.80. The van der Waals surface area contributed by atoms with E-state index >= 15 is 0 Å². The zero-order valence-electron chi connectivity index (χ0n) is 8.97. The van der Waals surface area contributed by atoms with Crippen molar-refractivity contribution in [2.45, 2.75) is 27.2 Å². The topological polar surface area (TPSA) is 9.23 Å². The van der Waals surface area contributed by atoms with Gasteiger partial charge in [-0.1, -0.05) is 31.7 Å². The number of allylic oxidation sites excluding steroid dienone is 5. The van der Waals surface area contributed by atoms with E-state index in [1.807, 2.05) is 26.0 Å². The lowest BCUT2D eigenvalue weighted by atomic mass is 10.1. The van der Waals surface area contributed by atoms with E-state index in [1.54, 1.807) is 0 Å². The Bertz CT molecular complexity index is 197. The van der Waals surface area contributed by atoms with Crippen molar-refractivity contribution in [2.75, 3.05) is 13.2 Å². The van der Waals surface area contributed by atoms with Gasteiger partial charge >= 0.3 is 0 Å². The molecule has 1 aliphatic rings. The normalized spacial score (nSPS) is 13.8. The van der Waals surface area contributed by atoms with Gasteiger partial charge in [-0.3, -0.25) is 0 Å². The summed E-state index contributed by atoms with van der Waals surface area (Å²) in [6.45, 7) is 11.7. The van der Waals surface area contributed by atoms with Crippen LogP contribution in [0.4, 0.5) is 0 Å². The predicted octanol–water partition coefficient (Wildman–Crippen LogP) is 3.49. The molecule has 0 amide bonds. The Labute approximate surface area is 81.8 Å². The molecular formula is C12H20O. The van der Waals surface area contributed by atoms with Crippen molar-refractivity contribution >= 4 is 0 Å².